The number of nitrogens with one attached hydrogen (secondary N) is 3. The van der Waals surface area contributed by atoms with Gasteiger partial charge in [0.15, 0.2) is 0 Å². The van der Waals surface area contributed by atoms with Crippen molar-refractivity contribution in [3.05, 3.63) is 0 Å². The molecule has 19 heavy (non-hydrogen) atoms. The minimum Gasteiger partial charge on any atom is -0.347 e. The molecular weight excluding hydrogens is 250 g/mol. The average molecular weight is 271 g/mol. The maximum absolute atomic E-state index is 12.0. The Morgan fingerprint density at radius 1 is 1.32 bits per heavy atom. The summed E-state index contributed by atoms with van der Waals surface area (Å²) in [6.45, 7) is 3.24. The molecule has 1 unspecified atom stereocenters. The summed E-state index contributed by atoms with van der Waals surface area (Å²) in [6.07, 6.45) is 0. The number of carbonyl (C=O) groups is 3. The van der Waals surface area contributed by atoms with E-state index < -0.39 is 0 Å². The van der Waals surface area contributed by atoms with Crippen LogP contribution >= 0.6 is 0 Å². The fraction of sp³-hybridized carbons (Fsp3) is 0.727. The van der Waals surface area contributed by atoms with Crippen molar-refractivity contribution in [2.75, 3.05) is 40.3 Å². The van der Waals surface area contributed by atoms with Gasteiger partial charge in [-0.1, -0.05) is 0 Å². The third kappa shape index (κ3) is 4.84. The van der Waals surface area contributed by atoms with E-state index in [0.717, 1.165) is 6.54 Å². The van der Waals surface area contributed by atoms with Gasteiger partial charge >= 0.3 is 0 Å². The van der Waals surface area contributed by atoms with Crippen LogP contribution in [0.1, 0.15) is 6.92 Å². The van der Waals surface area contributed by atoms with Crippen LogP contribution < -0.4 is 16.2 Å². The molecule has 0 saturated carbocycles. The summed E-state index contributed by atoms with van der Waals surface area (Å²) < 4.78 is 0. The lowest BCUT2D eigenvalue weighted by molar-refractivity contribution is -0.137. The number of hydrogen-bond acceptors (Lipinski definition) is 5. The molecule has 8 nitrogen and oxygen atoms in total. The fourth-order valence-electron chi connectivity index (χ4n) is 1.86. The Kier molecular flexibility index (Phi) is 5.71. The fourth-order valence-corrected chi connectivity index (χ4v) is 1.86. The van der Waals surface area contributed by atoms with Gasteiger partial charge in [-0.2, -0.15) is 0 Å². The van der Waals surface area contributed by atoms with Crippen molar-refractivity contribution < 1.29 is 14.4 Å². The topological polar surface area (TPSA) is 93.8 Å². The molecule has 1 atom stereocenters. The molecule has 108 valence electrons. The second-order valence-electron chi connectivity index (χ2n) is 4.65. The van der Waals surface area contributed by atoms with Gasteiger partial charge in [0.25, 0.3) is 5.91 Å². The van der Waals surface area contributed by atoms with Crippen molar-refractivity contribution in [1.29, 1.82) is 0 Å². The van der Waals surface area contributed by atoms with Gasteiger partial charge in [0.05, 0.1) is 6.54 Å². The first-order chi connectivity index (χ1) is 8.91. The van der Waals surface area contributed by atoms with Crippen molar-refractivity contribution in [3.63, 3.8) is 0 Å². The summed E-state index contributed by atoms with van der Waals surface area (Å²) in [4.78, 5) is 37.6. The number of hydrazine groups is 1. The van der Waals surface area contributed by atoms with Crippen molar-refractivity contribution in [2.24, 2.45) is 0 Å². The molecule has 3 N–H and O–H groups in total. The maximum Gasteiger partial charge on any atom is 0.252 e. The summed E-state index contributed by atoms with van der Waals surface area (Å²) in [5.74, 6) is -0.720. The molecule has 1 fully saturated rings. The predicted octanol–water partition coefficient (Wildman–Crippen LogP) is -2.48. The molecule has 0 aliphatic carbocycles. The third-order valence-electron chi connectivity index (χ3n) is 2.80. The molecule has 1 heterocycles. The van der Waals surface area contributed by atoms with Crippen LogP contribution in [0.4, 0.5) is 0 Å². The Balaban J connectivity index is 2.55. The van der Waals surface area contributed by atoms with E-state index in [1.54, 1.807) is 19.0 Å². The number of likely N-dealkylation sites (N-methyl/N-ethyl adjacent to an activating group) is 1. The van der Waals surface area contributed by atoms with Gasteiger partial charge in [0.2, 0.25) is 11.8 Å². The van der Waals surface area contributed by atoms with Crippen LogP contribution in [0.25, 0.3) is 0 Å². The van der Waals surface area contributed by atoms with Crippen LogP contribution in [0.15, 0.2) is 0 Å². The van der Waals surface area contributed by atoms with Crippen LogP contribution in [0, 0.1) is 0 Å². The first-order valence-corrected chi connectivity index (χ1v) is 6.13. The highest BCUT2D eigenvalue weighted by atomic mass is 16.2. The lowest BCUT2D eigenvalue weighted by Crippen LogP contribution is -2.60. The SMILES string of the molecule is CC(=O)NNC(=O)CN1CCNCC1C(=O)N(C)C. The highest BCUT2D eigenvalue weighted by molar-refractivity contribution is 5.84. The minimum absolute atomic E-state index is 0.0421. The monoisotopic (exact) mass is 271 g/mol. The molecule has 0 aromatic rings. The quantitative estimate of drug-likeness (QED) is 0.494. The zero-order valence-electron chi connectivity index (χ0n) is 11.5. The maximum atomic E-state index is 12.0. The number of hydrogen-bond donors (Lipinski definition) is 3. The molecule has 0 bridgehead atoms. The van der Waals surface area contributed by atoms with E-state index in [9.17, 15) is 14.4 Å². The van der Waals surface area contributed by atoms with Crippen LogP contribution in [0.2, 0.25) is 0 Å². The lowest BCUT2D eigenvalue weighted by Gasteiger charge is -2.35. The molecule has 0 spiro atoms. The molecule has 0 radical (unpaired) electrons. The van der Waals surface area contributed by atoms with Crippen molar-refractivity contribution in [2.45, 2.75) is 13.0 Å². The highest BCUT2D eigenvalue weighted by Crippen LogP contribution is 2.05. The molecule has 1 aliphatic heterocycles. The Morgan fingerprint density at radius 2 is 2.00 bits per heavy atom. The standard InChI is InChI=1S/C11H21N5O3/c1-8(17)13-14-10(18)7-16-5-4-12-6-9(16)11(19)15(2)3/h9,12H,4-7H2,1-3H3,(H,13,17)(H,14,18). The normalized spacial score (nSPS) is 19.6. The molecule has 1 rings (SSSR count). The summed E-state index contributed by atoms with van der Waals surface area (Å²) in [5, 5.41) is 3.13. The summed E-state index contributed by atoms with van der Waals surface area (Å²) in [7, 11) is 3.37. The molecule has 8 heteroatoms. The smallest absolute Gasteiger partial charge is 0.252 e. The predicted molar refractivity (Wildman–Crippen MR) is 68.9 cm³/mol. The van der Waals surface area contributed by atoms with Gasteiger partial charge in [0, 0.05) is 40.7 Å². The second kappa shape index (κ2) is 7.05. The number of amides is 3. The molecule has 1 saturated heterocycles. The first kappa shape index (κ1) is 15.4. The molecule has 1 aliphatic rings. The largest absolute Gasteiger partial charge is 0.347 e. The van der Waals surface area contributed by atoms with Crippen molar-refractivity contribution in [1.82, 2.24) is 26.0 Å². The Labute approximate surface area is 112 Å². The van der Waals surface area contributed by atoms with E-state index in [2.05, 4.69) is 16.2 Å². The zero-order valence-corrected chi connectivity index (χ0v) is 11.5. The van der Waals surface area contributed by atoms with Crippen LogP contribution in [0.5, 0.6) is 0 Å². The lowest BCUT2D eigenvalue weighted by atomic mass is 10.1. The van der Waals surface area contributed by atoms with Crippen molar-refractivity contribution in [3.8, 4) is 0 Å². The van der Waals surface area contributed by atoms with E-state index in [1.807, 2.05) is 0 Å². The molecule has 0 aromatic heterocycles. The van der Waals surface area contributed by atoms with Gasteiger partial charge in [-0.25, -0.2) is 0 Å². The van der Waals surface area contributed by atoms with Gasteiger partial charge < -0.3 is 10.2 Å². The highest BCUT2D eigenvalue weighted by Gasteiger charge is 2.30. The van der Waals surface area contributed by atoms with Crippen LogP contribution in [-0.2, 0) is 14.4 Å². The summed E-state index contributed by atoms with van der Waals surface area (Å²) in [5.41, 5.74) is 4.52. The van der Waals surface area contributed by atoms with Gasteiger partial charge in [-0.3, -0.25) is 30.1 Å². The molecule has 3 amide bonds. The van der Waals surface area contributed by atoms with Crippen LogP contribution in [0.3, 0.4) is 0 Å². The Hall–Kier alpha value is -1.67. The van der Waals surface area contributed by atoms with Gasteiger partial charge in [0.1, 0.15) is 6.04 Å². The minimum atomic E-state index is -0.355. The van der Waals surface area contributed by atoms with Crippen LogP contribution in [-0.4, -0.2) is 73.8 Å². The van der Waals surface area contributed by atoms with E-state index in [1.165, 1.54) is 11.8 Å². The van der Waals surface area contributed by atoms with Gasteiger partial charge in [-0.15, -0.1) is 0 Å². The molecule has 0 aromatic carbocycles. The van der Waals surface area contributed by atoms with Crippen molar-refractivity contribution >= 4 is 17.7 Å². The Bertz CT molecular complexity index is 358. The number of rotatable bonds is 3. The summed E-state index contributed by atoms with van der Waals surface area (Å²) >= 11 is 0. The molecular formula is C11H21N5O3. The number of nitrogens with zero attached hydrogens (tertiary/aromatic N) is 2. The van der Waals surface area contributed by atoms with E-state index in [4.69, 9.17) is 0 Å². The first-order valence-electron chi connectivity index (χ1n) is 6.13. The Morgan fingerprint density at radius 3 is 2.58 bits per heavy atom. The average Bonchev–Trinajstić information content (AvgIpc) is 2.36. The third-order valence-corrected chi connectivity index (χ3v) is 2.80. The zero-order chi connectivity index (χ0) is 14.4. The number of piperazine rings is 1. The van der Waals surface area contributed by atoms with E-state index in [-0.39, 0.29) is 30.3 Å². The van der Waals surface area contributed by atoms with Gasteiger partial charge in [-0.05, 0) is 0 Å². The second-order valence-corrected chi connectivity index (χ2v) is 4.65. The van der Waals surface area contributed by atoms with E-state index >= 15 is 0 Å². The van der Waals surface area contributed by atoms with E-state index in [0.29, 0.717) is 13.1 Å². The number of carbonyl (C=O) groups excluding carboxylic acids is 3. The summed E-state index contributed by atoms with van der Waals surface area (Å²) in [6, 6.07) is -0.355.